The van der Waals surface area contributed by atoms with Crippen LogP contribution in [0.2, 0.25) is 0 Å². The van der Waals surface area contributed by atoms with Gasteiger partial charge in [0.1, 0.15) is 11.9 Å². The first-order chi connectivity index (χ1) is 19.4. The van der Waals surface area contributed by atoms with Crippen molar-refractivity contribution < 1.29 is 18.8 Å². The van der Waals surface area contributed by atoms with E-state index in [2.05, 4.69) is 15.6 Å². The molecule has 200 valence electrons. The summed E-state index contributed by atoms with van der Waals surface area (Å²) in [5, 5.41) is 5.49. The van der Waals surface area contributed by atoms with Crippen molar-refractivity contribution in [1.82, 2.24) is 10.3 Å². The second kappa shape index (κ2) is 11.9. The highest BCUT2D eigenvalue weighted by Crippen LogP contribution is 2.24. The van der Waals surface area contributed by atoms with E-state index in [4.69, 9.17) is 0 Å². The molecule has 0 fully saturated rings. The van der Waals surface area contributed by atoms with E-state index in [0.717, 1.165) is 15.8 Å². The van der Waals surface area contributed by atoms with Crippen molar-refractivity contribution in [2.75, 3.05) is 17.3 Å². The molecule has 3 amide bonds. The van der Waals surface area contributed by atoms with Gasteiger partial charge < -0.3 is 15.5 Å². The van der Waals surface area contributed by atoms with Gasteiger partial charge in [0.25, 0.3) is 11.8 Å². The third-order valence-corrected chi connectivity index (χ3v) is 7.20. The van der Waals surface area contributed by atoms with Gasteiger partial charge in [0, 0.05) is 36.0 Å². The van der Waals surface area contributed by atoms with E-state index in [1.165, 1.54) is 40.5 Å². The first-order valence-electron chi connectivity index (χ1n) is 12.5. The zero-order valence-electron chi connectivity index (χ0n) is 21.5. The van der Waals surface area contributed by atoms with E-state index in [-0.39, 0.29) is 23.5 Å². The summed E-state index contributed by atoms with van der Waals surface area (Å²) in [6.45, 7) is 0. The minimum Gasteiger partial charge on any atom is -0.340 e. The fourth-order valence-electron chi connectivity index (χ4n) is 4.28. The summed E-state index contributed by atoms with van der Waals surface area (Å²) < 4.78 is 14.5. The summed E-state index contributed by atoms with van der Waals surface area (Å²) in [4.78, 5) is 45.7. The molecule has 0 aliphatic rings. The number of rotatable bonds is 8. The molecular formula is C31H25FN4O3S. The number of aromatic nitrogens is 1. The quantitative estimate of drug-likeness (QED) is 0.259. The number of amides is 3. The average molecular weight is 553 g/mol. The number of anilines is 2. The second-order valence-electron chi connectivity index (χ2n) is 9.16. The molecule has 0 bridgehead atoms. The van der Waals surface area contributed by atoms with Crippen molar-refractivity contribution in [3.05, 3.63) is 125 Å². The minimum absolute atomic E-state index is 0.212. The predicted molar refractivity (Wildman–Crippen MR) is 155 cm³/mol. The van der Waals surface area contributed by atoms with Crippen molar-refractivity contribution >= 4 is 50.6 Å². The first-order valence-corrected chi connectivity index (χ1v) is 13.4. The van der Waals surface area contributed by atoms with E-state index >= 15 is 0 Å². The molecule has 0 aliphatic heterocycles. The molecule has 5 rings (SSSR count). The SMILES string of the molecule is CN(C(=O)[C@H](Cc1ccccc1)NC(=O)c1cccc(C(=O)Nc2cccc(F)c2)c1)c1ccc2scnc2c1. The largest absolute Gasteiger partial charge is 0.340 e. The van der Waals surface area contributed by atoms with Crippen molar-refractivity contribution in [3.8, 4) is 0 Å². The van der Waals surface area contributed by atoms with Gasteiger partial charge in [-0.3, -0.25) is 14.4 Å². The molecule has 0 saturated carbocycles. The lowest BCUT2D eigenvalue weighted by molar-refractivity contribution is -0.120. The molecular weight excluding hydrogens is 527 g/mol. The normalized spacial score (nSPS) is 11.6. The summed E-state index contributed by atoms with van der Waals surface area (Å²) >= 11 is 1.52. The van der Waals surface area contributed by atoms with Crippen LogP contribution < -0.4 is 15.5 Å². The number of hydrogen-bond acceptors (Lipinski definition) is 5. The molecule has 0 unspecified atom stereocenters. The zero-order valence-corrected chi connectivity index (χ0v) is 22.3. The maximum absolute atomic E-state index is 13.7. The highest BCUT2D eigenvalue weighted by Gasteiger charge is 2.26. The number of nitrogens with one attached hydrogen (secondary N) is 2. The number of benzene rings is 4. The standard InChI is InChI=1S/C31H25FN4O3S/c1-36(25-13-14-28-26(18-25)33-19-40-28)31(39)27(15-20-7-3-2-4-8-20)35-30(38)22-10-5-9-21(16-22)29(37)34-24-12-6-11-23(32)17-24/h2-14,16-19,27H,15H2,1H3,(H,34,37)(H,35,38)/t27-/m0/s1. The van der Waals surface area contributed by atoms with Gasteiger partial charge in [-0.1, -0.05) is 42.5 Å². The van der Waals surface area contributed by atoms with Gasteiger partial charge in [-0.2, -0.15) is 0 Å². The van der Waals surface area contributed by atoms with Gasteiger partial charge in [-0.05, 0) is 60.2 Å². The van der Waals surface area contributed by atoms with Crippen LogP contribution in [0.5, 0.6) is 0 Å². The summed E-state index contributed by atoms with van der Waals surface area (Å²) in [6.07, 6.45) is 0.272. The van der Waals surface area contributed by atoms with Gasteiger partial charge in [0.2, 0.25) is 5.91 Å². The Bertz CT molecular complexity index is 1690. The number of nitrogens with zero attached hydrogens (tertiary/aromatic N) is 2. The van der Waals surface area contributed by atoms with Crippen molar-refractivity contribution in [2.45, 2.75) is 12.5 Å². The number of carbonyl (C=O) groups excluding carboxylic acids is 3. The highest BCUT2D eigenvalue weighted by atomic mass is 32.1. The Balaban J connectivity index is 1.36. The third-order valence-electron chi connectivity index (χ3n) is 6.39. The molecule has 0 spiro atoms. The molecule has 4 aromatic carbocycles. The summed E-state index contributed by atoms with van der Waals surface area (Å²) in [5.74, 6) is -1.77. The van der Waals surface area contributed by atoms with Crippen LogP contribution in [0, 0.1) is 5.82 Å². The Morgan fingerprint density at radius 2 is 1.62 bits per heavy atom. The fourth-order valence-corrected chi connectivity index (χ4v) is 4.94. The molecule has 0 radical (unpaired) electrons. The second-order valence-corrected chi connectivity index (χ2v) is 10.0. The van der Waals surface area contributed by atoms with Crippen LogP contribution in [0.15, 0.2) is 103 Å². The molecule has 40 heavy (non-hydrogen) atoms. The minimum atomic E-state index is -0.879. The summed E-state index contributed by atoms with van der Waals surface area (Å²) in [7, 11) is 1.66. The fraction of sp³-hybridized carbons (Fsp3) is 0.0968. The van der Waals surface area contributed by atoms with Gasteiger partial charge in [0.05, 0.1) is 15.7 Å². The van der Waals surface area contributed by atoms with E-state index in [0.29, 0.717) is 11.4 Å². The summed E-state index contributed by atoms with van der Waals surface area (Å²) in [5.41, 5.74) is 4.81. The lowest BCUT2D eigenvalue weighted by atomic mass is 10.0. The molecule has 1 atom stereocenters. The first kappa shape index (κ1) is 26.7. The Labute approximate surface area is 234 Å². The van der Waals surface area contributed by atoms with Crippen LogP contribution in [-0.2, 0) is 11.2 Å². The van der Waals surface area contributed by atoms with Crippen LogP contribution in [0.1, 0.15) is 26.3 Å². The molecule has 1 aromatic heterocycles. The zero-order chi connectivity index (χ0) is 28.1. The van der Waals surface area contributed by atoms with E-state index in [9.17, 15) is 18.8 Å². The monoisotopic (exact) mass is 552 g/mol. The Morgan fingerprint density at radius 1 is 0.875 bits per heavy atom. The maximum atomic E-state index is 13.7. The van der Waals surface area contributed by atoms with Crippen LogP contribution >= 0.6 is 11.3 Å². The van der Waals surface area contributed by atoms with Gasteiger partial charge >= 0.3 is 0 Å². The third kappa shape index (κ3) is 6.22. The highest BCUT2D eigenvalue weighted by molar-refractivity contribution is 7.16. The predicted octanol–water partition coefficient (Wildman–Crippen LogP) is 5.69. The molecule has 1 heterocycles. The van der Waals surface area contributed by atoms with Gasteiger partial charge in [0.15, 0.2) is 0 Å². The number of likely N-dealkylation sites (N-methyl/N-ethyl adjacent to an activating group) is 1. The van der Waals surface area contributed by atoms with E-state index in [1.54, 1.807) is 36.8 Å². The van der Waals surface area contributed by atoms with Crippen molar-refractivity contribution in [2.24, 2.45) is 0 Å². The number of hydrogen-bond donors (Lipinski definition) is 2. The van der Waals surface area contributed by atoms with Crippen LogP contribution in [0.25, 0.3) is 10.2 Å². The molecule has 9 heteroatoms. The summed E-state index contributed by atoms with van der Waals surface area (Å²) in [6, 6.07) is 25.8. The van der Waals surface area contributed by atoms with Gasteiger partial charge in [-0.15, -0.1) is 11.3 Å². The Kier molecular flexibility index (Phi) is 7.93. The van der Waals surface area contributed by atoms with Crippen LogP contribution in [0.4, 0.5) is 15.8 Å². The average Bonchev–Trinajstić information content (AvgIpc) is 3.45. The van der Waals surface area contributed by atoms with Crippen LogP contribution in [0.3, 0.4) is 0 Å². The van der Waals surface area contributed by atoms with E-state index < -0.39 is 23.7 Å². The Morgan fingerprint density at radius 3 is 2.40 bits per heavy atom. The van der Waals surface area contributed by atoms with E-state index in [1.807, 2.05) is 48.5 Å². The smallest absolute Gasteiger partial charge is 0.255 e. The molecule has 0 aliphatic carbocycles. The topological polar surface area (TPSA) is 91.4 Å². The number of carbonyl (C=O) groups is 3. The van der Waals surface area contributed by atoms with Crippen molar-refractivity contribution in [1.29, 1.82) is 0 Å². The Hall–Kier alpha value is -4.89. The molecule has 7 nitrogen and oxygen atoms in total. The number of halogens is 1. The van der Waals surface area contributed by atoms with Crippen molar-refractivity contribution in [3.63, 3.8) is 0 Å². The number of fused-ring (bicyclic) bond motifs is 1. The maximum Gasteiger partial charge on any atom is 0.255 e. The number of thiazole rings is 1. The van der Waals surface area contributed by atoms with Crippen LogP contribution in [-0.4, -0.2) is 35.8 Å². The lowest BCUT2D eigenvalue weighted by Gasteiger charge is -2.25. The molecule has 0 saturated heterocycles. The molecule has 5 aromatic rings. The molecule has 2 N–H and O–H groups in total. The lowest BCUT2D eigenvalue weighted by Crippen LogP contribution is -2.48. The van der Waals surface area contributed by atoms with Gasteiger partial charge in [-0.25, -0.2) is 9.37 Å².